The summed E-state index contributed by atoms with van der Waals surface area (Å²) in [6, 6.07) is 0.760. The monoisotopic (exact) mass is 295 g/mol. The van der Waals surface area contributed by atoms with Crippen molar-refractivity contribution in [3.05, 3.63) is 0 Å². The zero-order valence-electron chi connectivity index (χ0n) is 14.8. The Morgan fingerprint density at radius 2 is 2.05 bits per heavy atom. The number of rotatable bonds is 6. The molecule has 1 aliphatic carbocycles. The van der Waals surface area contributed by atoms with Crippen LogP contribution in [0.2, 0.25) is 0 Å². The highest BCUT2D eigenvalue weighted by Gasteiger charge is 2.37. The standard InChI is InChI=1S/C18H37N3/c1-5-19-14-18(10-6-8-16(2)12-18)15-21-11-7-9-17(13-21)20(3)4/h16-17,19H,5-15H2,1-4H3. The SMILES string of the molecule is CCNCC1(CN2CCCC(N(C)C)C2)CCCC(C)C1. The molecule has 124 valence electrons. The summed E-state index contributed by atoms with van der Waals surface area (Å²) in [5.74, 6) is 0.909. The molecule has 3 heteroatoms. The number of nitrogens with zero attached hydrogens (tertiary/aromatic N) is 2. The molecule has 0 spiro atoms. The molecule has 1 aliphatic heterocycles. The fourth-order valence-electron chi connectivity index (χ4n) is 4.59. The van der Waals surface area contributed by atoms with E-state index in [9.17, 15) is 0 Å². The van der Waals surface area contributed by atoms with Gasteiger partial charge in [-0.15, -0.1) is 0 Å². The molecule has 0 radical (unpaired) electrons. The van der Waals surface area contributed by atoms with Gasteiger partial charge in [-0.05, 0) is 64.2 Å². The number of piperidine rings is 1. The molecule has 21 heavy (non-hydrogen) atoms. The van der Waals surface area contributed by atoms with Crippen LogP contribution in [0.25, 0.3) is 0 Å². The predicted molar refractivity (Wildman–Crippen MR) is 91.8 cm³/mol. The molecule has 1 N–H and O–H groups in total. The molecular weight excluding hydrogens is 258 g/mol. The van der Waals surface area contributed by atoms with E-state index in [0.29, 0.717) is 5.41 Å². The summed E-state index contributed by atoms with van der Waals surface area (Å²) in [5.41, 5.74) is 0.530. The maximum absolute atomic E-state index is 3.67. The van der Waals surface area contributed by atoms with E-state index in [-0.39, 0.29) is 0 Å². The van der Waals surface area contributed by atoms with E-state index in [4.69, 9.17) is 0 Å². The van der Waals surface area contributed by atoms with Crippen LogP contribution in [0.5, 0.6) is 0 Å². The summed E-state index contributed by atoms with van der Waals surface area (Å²) in [6.07, 6.45) is 8.46. The molecule has 1 saturated heterocycles. The van der Waals surface area contributed by atoms with Crippen molar-refractivity contribution >= 4 is 0 Å². The van der Waals surface area contributed by atoms with Crippen molar-refractivity contribution in [2.24, 2.45) is 11.3 Å². The third kappa shape index (κ3) is 4.94. The van der Waals surface area contributed by atoms with E-state index in [2.05, 4.69) is 43.1 Å². The van der Waals surface area contributed by atoms with Crippen molar-refractivity contribution in [2.45, 2.75) is 58.4 Å². The van der Waals surface area contributed by atoms with E-state index in [0.717, 1.165) is 18.5 Å². The van der Waals surface area contributed by atoms with Crippen LogP contribution in [-0.2, 0) is 0 Å². The topological polar surface area (TPSA) is 18.5 Å². The number of hydrogen-bond donors (Lipinski definition) is 1. The molecule has 3 unspecified atom stereocenters. The lowest BCUT2D eigenvalue weighted by Gasteiger charge is -2.46. The van der Waals surface area contributed by atoms with Crippen LogP contribution in [0, 0.1) is 11.3 Å². The summed E-state index contributed by atoms with van der Waals surface area (Å²) in [4.78, 5) is 5.19. The molecule has 0 aromatic rings. The predicted octanol–water partition coefficient (Wildman–Crippen LogP) is 2.82. The van der Waals surface area contributed by atoms with E-state index >= 15 is 0 Å². The molecule has 1 heterocycles. The van der Waals surface area contributed by atoms with Gasteiger partial charge in [0.1, 0.15) is 0 Å². The molecule has 2 aliphatic rings. The van der Waals surface area contributed by atoms with Gasteiger partial charge >= 0.3 is 0 Å². The van der Waals surface area contributed by atoms with Crippen molar-refractivity contribution in [3.8, 4) is 0 Å². The van der Waals surface area contributed by atoms with Crippen LogP contribution < -0.4 is 5.32 Å². The van der Waals surface area contributed by atoms with Crippen molar-refractivity contribution in [2.75, 3.05) is 46.8 Å². The number of nitrogens with one attached hydrogen (secondary N) is 1. The lowest BCUT2D eigenvalue weighted by atomic mass is 9.69. The highest BCUT2D eigenvalue weighted by molar-refractivity contribution is 4.91. The fourth-order valence-corrected chi connectivity index (χ4v) is 4.59. The normalized spacial score (nSPS) is 35.3. The molecule has 3 atom stereocenters. The number of likely N-dealkylation sites (tertiary alicyclic amines) is 1. The van der Waals surface area contributed by atoms with Crippen molar-refractivity contribution in [3.63, 3.8) is 0 Å². The Kier molecular flexibility index (Phi) is 6.51. The summed E-state index contributed by atoms with van der Waals surface area (Å²) < 4.78 is 0. The first-order valence-electron chi connectivity index (χ1n) is 9.14. The third-order valence-corrected chi connectivity index (χ3v) is 5.71. The Hall–Kier alpha value is -0.120. The smallest absolute Gasteiger partial charge is 0.0217 e. The first kappa shape index (κ1) is 17.2. The maximum atomic E-state index is 3.67. The maximum Gasteiger partial charge on any atom is 0.0217 e. The van der Waals surface area contributed by atoms with E-state index in [1.165, 1.54) is 64.7 Å². The molecule has 0 amide bonds. The second kappa shape index (κ2) is 7.94. The van der Waals surface area contributed by atoms with Crippen LogP contribution in [-0.4, -0.2) is 62.7 Å². The van der Waals surface area contributed by atoms with Crippen LogP contribution >= 0.6 is 0 Å². The van der Waals surface area contributed by atoms with Gasteiger partial charge in [0.25, 0.3) is 0 Å². The highest BCUT2D eigenvalue weighted by Crippen LogP contribution is 2.40. The molecular formula is C18H37N3. The fraction of sp³-hybridized carbons (Fsp3) is 1.00. The zero-order chi connectivity index (χ0) is 15.3. The van der Waals surface area contributed by atoms with Gasteiger partial charge < -0.3 is 15.1 Å². The molecule has 0 aromatic carbocycles. The van der Waals surface area contributed by atoms with Gasteiger partial charge in [-0.2, -0.15) is 0 Å². The van der Waals surface area contributed by atoms with Crippen LogP contribution in [0.3, 0.4) is 0 Å². The van der Waals surface area contributed by atoms with Crippen molar-refractivity contribution in [1.82, 2.24) is 15.1 Å². The van der Waals surface area contributed by atoms with Gasteiger partial charge in [-0.1, -0.05) is 26.7 Å². The Balaban J connectivity index is 1.97. The molecule has 3 nitrogen and oxygen atoms in total. The van der Waals surface area contributed by atoms with Crippen molar-refractivity contribution < 1.29 is 0 Å². The largest absolute Gasteiger partial charge is 0.316 e. The molecule has 0 bridgehead atoms. The summed E-state index contributed by atoms with van der Waals surface area (Å²) in [5, 5.41) is 3.67. The molecule has 1 saturated carbocycles. The van der Waals surface area contributed by atoms with E-state index in [1.807, 2.05) is 0 Å². The van der Waals surface area contributed by atoms with E-state index < -0.39 is 0 Å². The minimum atomic E-state index is 0.530. The summed E-state index contributed by atoms with van der Waals surface area (Å²) in [6.45, 7) is 10.9. The highest BCUT2D eigenvalue weighted by atomic mass is 15.2. The number of likely N-dealkylation sites (N-methyl/N-ethyl adjacent to an activating group) is 1. The number of hydrogen-bond acceptors (Lipinski definition) is 3. The Labute approximate surface area is 132 Å². The van der Waals surface area contributed by atoms with Gasteiger partial charge in [0.15, 0.2) is 0 Å². The second-order valence-electron chi connectivity index (χ2n) is 7.98. The lowest BCUT2D eigenvalue weighted by Crippen LogP contribution is -2.52. The third-order valence-electron chi connectivity index (χ3n) is 5.71. The average Bonchev–Trinajstić information content (AvgIpc) is 2.45. The Morgan fingerprint density at radius 3 is 2.71 bits per heavy atom. The Bertz CT molecular complexity index is 305. The lowest BCUT2D eigenvalue weighted by molar-refractivity contribution is 0.0488. The van der Waals surface area contributed by atoms with Gasteiger partial charge in [-0.3, -0.25) is 0 Å². The summed E-state index contributed by atoms with van der Waals surface area (Å²) in [7, 11) is 4.48. The van der Waals surface area contributed by atoms with Crippen LogP contribution in [0.15, 0.2) is 0 Å². The first-order chi connectivity index (χ1) is 10.0. The Morgan fingerprint density at radius 1 is 1.24 bits per heavy atom. The molecule has 2 fully saturated rings. The minimum absolute atomic E-state index is 0.530. The quantitative estimate of drug-likeness (QED) is 0.813. The summed E-state index contributed by atoms with van der Waals surface area (Å²) >= 11 is 0. The van der Waals surface area contributed by atoms with Crippen LogP contribution in [0.1, 0.15) is 52.4 Å². The van der Waals surface area contributed by atoms with Gasteiger partial charge in [-0.25, -0.2) is 0 Å². The van der Waals surface area contributed by atoms with Gasteiger partial charge in [0, 0.05) is 25.7 Å². The zero-order valence-corrected chi connectivity index (χ0v) is 14.8. The average molecular weight is 296 g/mol. The second-order valence-corrected chi connectivity index (χ2v) is 7.98. The molecule has 2 rings (SSSR count). The van der Waals surface area contributed by atoms with Gasteiger partial charge in [0.2, 0.25) is 0 Å². The van der Waals surface area contributed by atoms with Crippen molar-refractivity contribution in [1.29, 1.82) is 0 Å². The first-order valence-corrected chi connectivity index (χ1v) is 9.14. The van der Waals surface area contributed by atoms with E-state index in [1.54, 1.807) is 0 Å². The van der Waals surface area contributed by atoms with Gasteiger partial charge in [0.05, 0.1) is 0 Å². The molecule has 0 aromatic heterocycles. The van der Waals surface area contributed by atoms with Crippen LogP contribution in [0.4, 0.5) is 0 Å². The minimum Gasteiger partial charge on any atom is -0.316 e.